The molecule has 0 saturated heterocycles. The summed E-state index contributed by atoms with van der Waals surface area (Å²) in [6, 6.07) is 5.77. The van der Waals surface area contributed by atoms with Gasteiger partial charge in [0.05, 0.1) is 10.2 Å². The maximum atomic E-state index is 13.4. The van der Waals surface area contributed by atoms with Crippen molar-refractivity contribution in [3.05, 3.63) is 52.3 Å². The summed E-state index contributed by atoms with van der Waals surface area (Å²) in [6.07, 6.45) is 0. The molecule has 0 fully saturated rings. The Morgan fingerprint density at radius 1 is 1.00 bits per heavy atom. The SMILES string of the molecule is Nc1cc(F)c(Br)cc1Oc1cccc(F)c1F. The third-order valence-electron chi connectivity index (χ3n) is 2.19. The van der Waals surface area contributed by atoms with Crippen LogP contribution in [0.25, 0.3) is 0 Å². The fourth-order valence-corrected chi connectivity index (χ4v) is 1.64. The summed E-state index contributed by atoms with van der Waals surface area (Å²) in [4.78, 5) is 0. The molecule has 0 saturated carbocycles. The van der Waals surface area contributed by atoms with E-state index in [1.807, 2.05) is 0 Å². The Morgan fingerprint density at radius 2 is 1.72 bits per heavy atom. The molecule has 2 aromatic rings. The van der Waals surface area contributed by atoms with Gasteiger partial charge in [-0.15, -0.1) is 0 Å². The molecule has 0 bridgehead atoms. The monoisotopic (exact) mass is 317 g/mol. The summed E-state index contributed by atoms with van der Waals surface area (Å²) in [5.41, 5.74) is 5.51. The average Bonchev–Trinajstić information content (AvgIpc) is 2.32. The van der Waals surface area contributed by atoms with E-state index in [1.54, 1.807) is 0 Å². The number of hydrogen-bond donors (Lipinski definition) is 1. The van der Waals surface area contributed by atoms with E-state index in [1.165, 1.54) is 18.2 Å². The van der Waals surface area contributed by atoms with Gasteiger partial charge in [0.2, 0.25) is 5.82 Å². The Kier molecular flexibility index (Phi) is 3.47. The van der Waals surface area contributed by atoms with Gasteiger partial charge < -0.3 is 10.5 Å². The third-order valence-corrected chi connectivity index (χ3v) is 2.80. The molecule has 2 N–H and O–H groups in total. The fourth-order valence-electron chi connectivity index (χ4n) is 1.31. The third kappa shape index (κ3) is 2.43. The summed E-state index contributed by atoms with van der Waals surface area (Å²) in [7, 11) is 0. The summed E-state index contributed by atoms with van der Waals surface area (Å²) < 4.78 is 44.7. The lowest BCUT2D eigenvalue weighted by Crippen LogP contribution is -1.96. The van der Waals surface area contributed by atoms with Crippen molar-refractivity contribution in [2.45, 2.75) is 0 Å². The van der Waals surface area contributed by atoms with Crippen molar-refractivity contribution in [1.29, 1.82) is 0 Å². The highest BCUT2D eigenvalue weighted by atomic mass is 79.9. The van der Waals surface area contributed by atoms with Crippen LogP contribution in [0.1, 0.15) is 0 Å². The summed E-state index contributed by atoms with van der Waals surface area (Å²) in [5, 5.41) is 0. The minimum absolute atomic E-state index is 0.0145. The van der Waals surface area contributed by atoms with Crippen LogP contribution in [0.4, 0.5) is 18.9 Å². The van der Waals surface area contributed by atoms with Crippen LogP contribution < -0.4 is 10.5 Å². The Balaban J connectivity index is 2.40. The Hall–Kier alpha value is -1.69. The van der Waals surface area contributed by atoms with Gasteiger partial charge in [-0.1, -0.05) is 6.07 Å². The second-order valence-electron chi connectivity index (χ2n) is 3.46. The first kappa shape index (κ1) is 12.8. The lowest BCUT2D eigenvalue weighted by molar-refractivity contribution is 0.416. The number of hydrogen-bond acceptors (Lipinski definition) is 2. The van der Waals surface area contributed by atoms with E-state index in [9.17, 15) is 13.2 Å². The molecule has 0 aliphatic carbocycles. The molecule has 2 rings (SSSR count). The van der Waals surface area contributed by atoms with E-state index in [4.69, 9.17) is 10.5 Å². The molecule has 6 heteroatoms. The molecule has 0 amide bonds. The van der Waals surface area contributed by atoms with Crippen LogP contribution in [-0.2, 0) is 0 Å². The standard InChI is InChI=1S/C12H7BrF3NO/c13-6-4-11(9(17)5-8(6)15)18-10-3-1-2-7(14)12(10)16/h1-5H,17H2. The molecule has 2 nitrogen and oxygen atoms in total. The molecular formula is C12H7BrF3NO. The van der Waals surface area contributed by atoms with Gasteiger partial charge in [-0.25, -0.2) is 8.78 Å². The average molecular weight is 318 g/mol. The highest BCUT2D eigenvalue weighted by Crippen LogP contribution is 2.33. The minimum atomic E-state index is -1.13. The maximum Gasteiger partial charge on any atom is 0.201 e. The normalized spacial score (nSPS) is 10.4. The zero-order valence-electron chi connectivity index (χ0n) is 8.88. The lowest BCUT2D eigenvalue weighted by atomic mass is 10.3. The van der Waals surface area contributed by atoms with E-state index in [2.05, 4.69) is 15.9 Å². The van der Waals surface area contributed by atoms with Crippen molar-refractivity contribution in [2.24, 2.45) is 0 Å². The van der Waals surface area contributed by atoms with Crippen molar-refractivity contribution in [1.82, 2.24) is 0 Å². The van der Waals surface area contributed by atoms with Crippen LogP contribution in [0, 0.1) is 17.5 Å². The number of nitrogen functional groups attached to an aromatic ring is 1. The summed E-state index contributed by atoms with van der Waals surface area (Å²) in [6.45, 7) is 0. The first-order valence-electron chi connectivity index (χ1n) is 4.85. The highest BCUT2D eigenvalue weighted by Gasteiger charge is 2.13. The molecule has 0 aliphatic rings. The van der Waals surface area contributed by atoms with Crippen LogP contribution in [-0.4, -0.2) is 0 Å². The van der Waals surface area contributed by atoms with Crippen molar-refractivity contribution in [3.8, 4) is 11.5 Å². The van der Waals surface area contributed by atoms with Gasteiger partial charge in [0.15, 0.2) is 17.3 Å². The van der Waals surface area contributed by atoms with E-state index < -0.39 is 17.5 Å². The number of anilines is 1. The molecule has 0 aliphatic heterocycles. The van der Waals surface area contributed by atoms with Gasteiger partial charge in [-0.3, -0.25) is 0 Å². The van der Waals surface area contributed by atoms with Gasteiger partial charge in [0.25, 0.3) is 0 Å². The Morgan fingerprint density at radius 3 is 2.44 bits per heavy atom. The predicted octanol–water partition coefficient (Wildman–Crippen LogP) is 4.24. The molecular weight excluding hydrogens is 311 g/mol. The smallest absolute Gasteiger partial charge is 0.201 e. The molecule has 0 unspecified atom stereocenters. The molecule has 0 radical (unpaired) electrons. The molecule has 0 atom stereocenters. The zero-order chi connectivity index (χ0) is 13.3. The lowest BCUT2D eigenvalue weighted by Gasteiger charge is -2.10. The van der Waals surface area contributed by atoms with Crippen LogP contribution >= 0.6 is 15.9 Å². The number of halogens is 4. The van der Waals surface area contributed by atoms with E-state index in [-0.39, 0.29) is 21.7 Å². The van der Waals surface area contributed by atoms with Crippen molar-refractivity contribution < 1.29 is 17.9 Å². The quantitative estimate of drug-likeness (QED) is 0.841. The Labute approximate surface area is 109 Å². The van der Waals surface area contributed by atoms with E-state index >= 15 is 0 Å². The largest absolute Gasteiger partial charge is 0.452 e. The van der Waals surface area contributed by atoms with Gasteiger partial charge in [-0.2, -0.15) is 4.39 Å². The second kappa shape index (κ2) is 4.89. The molecule has 94 valence electrons. The van der Waals surface area contributed by atoms with Crippen LogP contribution in [0.5, 0.6) is 11.5 Å². The van der Waals surface area contributed by atoms with Gasteiger partial charge >= 0.3 is 0 Å². The topological polar surface area (TPSA) is 35.2 Å². The number of nitrogens with two attached hydrogens (primary N) is 1. The second-order valence-corrected chi connectivity index (χ2v) is 4.31. The summed E-state index contributed by atoms with van der Waals surface area (Å²) >= 11 is 2.95. The maximum absolute atomic E-state index is 13.4. The van der Waals surface area contributed by atoms with Gasteiger partial charge in [-0.05, 0) is 28.1 Å². The van der Waals surface area contributed by atoms with Crippen molar-refractivity contribution in [3.63, 3.8) is 0 Å². The van der Waals surface area contributed by atoms with Gasteiger partial charge in [0, 0.05) is 12.1 Å². The number of rotatable bonds is 2. The number of ether oxygens (including phenoxy) is 1. The summed E-state index contributed by atoms with van der Waals surface area (Å²) in [5.74, 6) is -3.02. The van der Waals surface area contributed by atoms with Crippen LogP contribution in [0.3, 0.4) is 0 Å². The van der Waals surface area contributed by atoms with Crippen LogP contribution in [0.2, 0.25) is 0 Å². The van der Waals surface area contributed by atoms with Gasteiger partial charge in [0.1, 0.15) is 5.82 Å². The molecule has 0 heterocycles. The molecule has 18 heavy (non-hydrogen) atoms. The zero-order valence-corrected chi connectivity index (χ0v) is 10.5. The van der Waals surface area contributed by atoms with E-state index in [0.717, 1.165) is 12.1 Å². The van der Waals surface area contributed by atoms with Crippen molar-refractivity contribution in [2.75, 3.05) is 5.73 Å². The first-order valence-corrected chi connectivity index (χ1v) is 5.64. The van der Waals surface area contributed by atoms with Crippen LogP contribution in [0.15, 0.2) is 34.8 Å². The fraction of sp³-hybridized carbons (Fsp3) is 0. The van der Waals surface area contributed by atoms with Crippen molar-refractivity contribution >= 4 is 21.6 Å². The Bertz CT molecular complexity index is 604. The molecule has 0 aromatic heterocycles. The predicted molar refractivity (Wildman–Crippen MR) is 64.9 cm³/mol. The van der Waals surface area contributed by atoms with E-state index in [0.29, 0.717) is 0 Å². The molecule has 0 spiro atoms. The first-order chi connectivity index (χ1) is 8.49. The minimum Gasteiger partial charge on any atom is -0.452 e. The molecule has 2 aromatic carbocycles. The number of benzene rings is 2. The highest BCUT2D eigenvalue weighted by molar-refractivity contribution is 9.10.